The van der Waals surface area contributed by atoms with Crippen LogP contribution in [-0.2, 0) is 16.5 Å². The SMILES string of the molecule is FC(F)(F)c1c[nH]c2ncc(-c3cn(C45CC(N6CCOCC6)(C4)C5)c(C4CC4)n3)cc12. The van der Waals surface area contributed by atoms with Crippen molar-refractivity contribution in [2.75, 3.05) is 26.3 Å². The zero-order chi connectivity index (χ0) is 21.7. The maximum absolute atomic E-state index is 13.4. The third-order valence-corrected chi connectivity index (χ3v) is 7.98. The Balaban J connectivity index is 1.23. The highest BCUT2D eigenvalue weighted by Crippen LogP contribution is 2.69. The number of halogens is 3. The van der Waals surface area contributed by atoms with Gasteiger partial charge in [-0.3, -0.25) is 4.90 Å². The molecule has 5 fully saturated rings. The van der Waals surface area contributed by atoms with Crippen LogP contribution in [0.3, 0.4) is 0 Å². The first-order valence-electron chi connectivity index (χ1n) is 11.3. The molecular weight excluding hydrogens is 419 g/mol. The molecule has 3 aromatic heterocycles. The van der Waals surface area contributed by atoms with Crippen LogP contribution >= 0.6 is 0 Å². The van der Waals surface area contributed by atoms with Crippen LogP contribution in [0.15, 0.2) is 24.7 Å². The van der Waals surface area contributed by atoms with Crippen molar-refractivity contribution in [3.8, 4) is 11.3 Å². The zero-order valence-corrected chi connectivity index (χ0v) is 17.6. The molecule has 8 rings (SSSR count). The number of morpholine rings is 1. The molecule has 5 aliphatic rings. The van der Waals surface area contributed by atoms with Crippen LogP contribution in [0.1, 0.15) is 49.4 Å². The van der Waals surface area contributed by atoms with Gasteiger partial charge in [0.05, 0.1) is 30.0 Å². The number of fused-ring (bicyclic) bond motifs is 1. The molecule has 9 heteroatoms. The average molecular weight is 443 g/mol. The van der Waals surface area contributed by atoms with Crippen molar-refractivity contribution in [2.24, 2.45) is 0 Å². The van der Waals surface area contributed by atoms with Gasteiger partial charge in [-0.25, -0.2) is 9.97 Å². The highest BCUT2D eigenvalue weighted by atomic mass is 19.4. The molecule has 168 valence electrons. The summed E-state index contributed by atoms with van der Waals surface area (Å²) in [6.45, 7) is 3.63. The summed E-state index contributed by atoms with van der Waals surface area (Å²) in [4.78, 5) is 14.4. The van der Waals surface area contributed by atoms with E-state index in [4.69, 9.17) is 9.72 Å². The van der Waals surface area contributed by atoms with Crippen LogP contribution in [0.25, 0.3) is 22.3 Å². The lowest BCUT2D eigenvalue weighted by Crippen LogP contribution is -2.79. The van der Waals surface area contributed by atoms with Crippen LogP contribution in [0, 0.1) is 0 Å². The molecule has 0 radical (unpaired) electrons. The van der Waals surface area contributed by atoms with Gasteiger partial charge in [-0.1, -0.05) is 0 Å². The molecule has 4 aliphatic carbocycles. The smallest absolute Gasteiger partial charge is 0.379 e. The lowest BCUT2D eigenvalue weighted by molar-refractivity contribution is -0.221. The quantitative estimate of drug-likeness (QED) is 0.654. The first kappa shape index (κ1) is 19.1. The second kappa shape index (κ2) is 6.14. The lowest BCUT2D eigenvalue weighted by Gasteiger charge is -2.74. The predicted molar refractivity (Wildman–Crippen MR) is 111 cm³/mol. The Morgan fingerprint density at radius 3 is 2.53 bits per heavy atom. The molecule has 1 aliphatic heterocycles. The number of pyridine rings is 1. The fourth-order valence-electron chi connectivity index (χ4n) is 6.23. The lowest BCUT2D eigenvalue weighted by atomic mass is 9.43. The summed E-state index contributed by atoms with van der Waals surface area (Å²) in [5.74, 6) is 1.56. The van der Waals surface area contributed by atoms with Gasteiger partial charge in [0.25, 0.3) is 0 Å². The van der Waals surface area contributed by atoms with Crippen LogP contribution in [0.5, 0.6) is 0 Å². The van der Waals surface area contributed by atoms with Crippen LogP contribution in [0.4, 0.5) is 13.2 Å². The van der Waals surface area contributed by atoms with E-state index in [2.05, 4.69) is 25.6 Å². The van der Waals surface area contributed by atoms with Gasteiger partial charge in [0, 0.05) is 54.1 Å². The molecule has 1 N–H and O–H groups in total. The summed E-state index contributed by atoms with van der Waals surface area (Å²) in [7, 11) is 0. The second-order valence-electron chi connectivity index (χ2n) is 10.0. The average Bonchev–Trinajstić information content (AvgIpc) is 3.30. The summed E-state index contributed by atoms with van der Waals surface area (Å²) in [5, 5.41) is 0.0920. The Morgan fingerprint density at radius 1 is 1.09 bits per heavy atom. The molecule has 3 aromatic rings. The fourth-order valence-corrected chi connectivity index (χ4v) is 6.23. The molecule has 1 saturated heterocycles. The van der Waals surface area contributed by atoms with Crippen LogP contribution < -0.4 is 0 Å². The van der Waals surface area contributed by atoms with Crippen molar-refractivity contribution in [2.45, 2.75) is 55.3 Å². The highest BCUT2D eigenvalue weighted by Gasteiger charge is 2.71. The number of ether oxygens (including phenoxy) is 1. The van der Waals surface area contributed by atoms with Gasteiger partial charge in [0.2, 0.25) is 0 Å². The van der Waals surface area contributed by atoms with Gasteiger partial charge in [-0.15, -0.1) is 0 Å². The molecule has 32 heavy (non-hydrogen) atoms. The van der Waals surface area contributed by atoms with Crippen molar-refractivity contribution in [1.29, 1.82) is 0 Å². The molecule has 2 bridgehead atoms. The van der Waals surface area contributed by atoms with Crippen molar-refractivity contribution in [3.63, 3.8) is 0 Å². The van der Waals surface area contributed by atoms with E-state index < -0.39 is 11.7 Å². The number of aromatic amines is 1. The molecular formula is C23H24F3N5O. The summed E-state index contributed by atoms with van der Waals surface area (Å²) in [5.41, 5.74) is 1.34. The van der Waals surface area contributed by atoms with Crippen molar-refractivity contribution < 1.29 is 17.9 Å². The van der Waals surface area contributed by atoms with E-state index in [-0.39, 0.29) is 16.6 Å². The normalized spacial score (nSPS) is 30.3. The first-order valence-corrected chi connectivity index (χ1v) is 11.3. The molecule has 6 nitrogen and oxygen atoms in total. The Hall–Kier alpha value is -2.39. The molecule has 0 atom stereocenters. The Morgan fingerprint density at radius 2 is 1.84 bits per heavy atom. The number of H-pyrrole nitrogens is 1. The second-order valence-corrected chi connectivity index (χ2v) is 10.0. The van der Waals surface area contributed by atoms with E-state index in [0.717, 1.165) is 76.1 Å². The van der Waals surface area contributed by atoms with Crippen molar-refractivity contribution in [3.05, 3.63) is 36.0 Å². The van der Waals surface area contributed by atoms with Gasteiger partial charge in [-0.2, -0.15) is 13.2 Å². The Kier molecular flexibility index (Phi) is 3.67. The molecule has 4 saturated carbocycles. The number of aromatic nitrogens is 4. The van der Waals surface area contributed by atoms with Gasteiger partial charge >= 0.3 is 6.18 Å². The maximum atomic E-state index is 13.4. The minimum atomic E-state index is -4.42. The predicted octanol–water partition coefficient (Wildman–Crippen LogP) is 4.29. The minimum Gasteiger partial charge on any atom is -0.379 e. The van der Waals surface area contributed by atoms with E-state index in [1.807, 2.05) is 0 Å². The fraction of sp³-hybridized carbons (Fsp3) is 0.565. The highest BCUT2D eigenvalue weighted by molar-refractivity contribution is 5.84. The van der Waals surface area contributed by atoms with E-state index in [0.29, 0.717) is 17.0 Å². The Bertz CT molecular complexity index is 1200. The number of nitrogens with one attached hydrogen (secondary N) is 1. The van der Waals surface area contributed by atoms with Crippen molar-refractivity contribution in [1.82, 2.24) is 24.4 Å². The number of hydrogen-bond acceptors (Lipinski definition) is 4. The molecule has 0 unspecified atom stereocenters. The first-order chi connectivity index (χ1) is 15.4. The van der Waals surface area contributed by atoms with Crippen LogP contribution in [-0.4, -0.2) is 56.3 Å². The molecule has 0 spiro atoms. The molecule has 0 amide bonds. The van der Waals surface area contributed by atoms with Gasteiger partial charge in [0.1, 0.15) is 11.5 Å². The third kappa shape index (κ3) is 2.61. The molecule has 0 aromatic carbocycles. The van der Waals surface area contributed by atoms with E-state index in [9.17, 15) is 13.2 Å². The van der Waals surface area contributed by atoms with E-state index >= 15 is 0 Å². The van der Waals surface area contributed by atoms with E-state index in [1.165, 1.54) is 0 Å². The number of alkyl halides is 3. The maximum Gasteiger partial charge on any atom is 0.418 e. The van der Waals surface area contributed by atoms with Gasteiger partial charge < -0.3 is 14.3 Å². The number of imidazole rings is 1. The monoisotopic (exact) mass is 443 g/mol. The number of nitrogens with zero attached hydrogens (tertiary/aromatic N) is 4. The summed E-state index contributed by atoms with van der Waals surface area (Å²) >= 11 is 0. The number of hydrogen-bond donors (Lipinski definition) is 1. The van der Waals surface area contributed by atoms with Gasteiger partial charge in [0.15, 0.2) is 0 Å². The van der Waals surface area contributed by atoms with Crippen LogP contribution in [0.2, 0.25) is 0 Å². The minimum absolute atomic E-state index is 0.0920. The molecule has 4 heterocycles. The number of rotatable bonds is 4. The largest absolute Gasteiger partial charge is 0.418 e. The van der Waals surface area contributed by atoms with E-state index in [1.54, 1.807) is 12.3 Å². The standard InChI is InChI=1S/C23H24F3N5O/c24-23(25,26)17-9-28-19-16(17)7-15(8-27-19)18-10-31(20(29-18)14-1-2-14)22-11-21(12-22,13-22)30-3-5-32-6-4-30/h7-10,14H,1-6,11-13H2,(H,27,28). The van der Waals surface area contributed by atoms with Gasteiger partial charge in [-0.05, 0) is 38.2 Å². The third-order valence-electron chi connectivity index (χ3n) is 7.98. The van der Waals surface area contributed by atoms with Crippen molar-refractivity contribution >= 4 is 11.0 Å². The summed E-state index contributed by atoms with van der Waals surface area (Å²) in [6.07, 6.45) is 5.91. The topological polar surface area (TPSA) is 59.0 Å². The summed E-state index contributed by atoms with van der Waals surface area (Å²) in [6, 6.07) is 1.57. The zero-order valence-electron chi connectivity index (χ0n) is 17.6. The summed E-state index contributed by atoms with van der Waals surface area (Å²) < 4.78 is 48.1. The Labute approximate surface area is 182 Å².